The number of anilines is 2. The van der Waals surface area contributed by atoms with Crippen LogP contribution in [0.1, 0.15) is 17.5 Å². The third-order valence-electron chi connectivity index (χ3n) is 5.68. The molecule has 2 aromatic carbocycles. The first-order valence-electron chi connectivity index (χ1n) is 10.5. The second kappa shape index (κ2) is 9.55. The van der Waals surface area contributed by atoms with Crippen LogP contribution in [-0.4, -0.2) is 47.4 Å². The monoisotopic (exact) mass is 400 g/mol. The minimum absolute atomic E-state index is 0.231. The molecule has 0 radical (unpaired) electrons. The van der Waals surface area contributed by atoms with Gasteiger partial charge in [-0.05, 0) is 47.5 Å². The van der Waals surface area contributed by atoms with Crippen LogP contribution >= 0.6 is 0 Å². The van der Waals surface area contributed by atoms with Crippen molar-refractivity contribution in [3.05, 3.63) is 90.3 Å². The predicted molar refractivity (Wildman–Crippen MR) is 120 cm³/mol. The highest BCUT2D eigenvalue weighted by atomic mass is 16.2. The van der Waals surface area contributed by atoms with Crippen LogP contribution in [0.15, 0.2) is 79.1 Å². The molecule has 1 aliphatic heterocycles. The number of amides is 1. The number of benzene rings is 2. The van der Waals surface area contributed by atoms with E-state index >= 15 is 0 Å². The Morgan fingerprint density at radius 3 is 2.20 bits per heavy atom. The summed E-state index contributed by atoms with van der Waals surface area (Å²) in [5, 5.41) is 0. The molecule has 1 aromatic heterocycles. The van der Waals surface area contributed by atoms with Gasteiger partial charge in [0.15, 0.2) is 0 Å². The van der Waals surface area contributed by atoms with E-state index in [1.165, 1.54) is 16.9 Å². The fourth-order valence-corrected chi connectivity index (χ4v) is 3.83. The van der Waals surface area contributed by atoms with Crippen molar-refractivity contribution >= 4 is 17.3 Å². The van der Waals surface area contributed by atoms with Crippen LogP contribution in [0.4, 0.5) is 11.4 Å². The molecule has 0 saturated carbocycles. The Labute approximate surface area is 178 Å². The number of aromatic nitrogens is 1. The highest BCUT2D eigenvalue weighted by Gasteiger charge is 2.21. The van der Waals surface area contributed by atoms with Crippen molar-refractivity contribution < 1.29 is 4.79 Å². The molecule has 2 heterocycles. The fraction of sp³-hybridized carbons (Fsp3) is 0.280. The van der Waals surface area contributed by atoms with E-state index < -0.39 is 0 Å². The number of para-hydroxylation sites is 1. The number of carbonyl (C=O) groups is 1. The molecule has 0 aliphatic carbocycles. The van der Waals surface area contributed by atoms with Crippen molar-refractivity contribution in [3.8, 4) is 0 Å². The summed E-state index contributed by atoms with van der Waals surface area (Å²) in [6.45, 7) is 3.98. The summed E-state index contributed by atoms with van der Waals surface area (Å²) in [6, 6.07) is 23.0. The molecule has 3 aromatic rings. The second-order valence-electron chi connectivity index (χ2n) is 7.76. The predicted octanol–water partition coefficient (Wildman–Crippen LogP) is 4.08. The van der Waals surface area contributed by atoms with Gasteiger partial charge in [-0.3, -0.25) is 14.7 Å². The van der Waals surface area contributed by atoms with E-state index in [1.807, 2.05) is 23.1 Å². The van der Waals surface area contributed by atoms with Gasteiger partial charge in [0, 0.05) is 70.0 Å². The summed E-state index contributed by atoms with van der Waals surface area (Å²) < 4.78 is 0. The summed E-state index contributed by atoms with van der Waals surface area (Å²) >= 11 is 0. The number of hydrogen-bond donors (Lipinski definition) is 0. The van der Waals surface area contributed by atoms with Crippen LogP contribution in [-0.2, 0) is 17.9 Å². The molecule has 30 heavy (non-hydrogen) atoms. The molecule has 0 atom stereocenters. The Morgan fingerprint density at radius 2 is 1.47 bits per heavy atom. The molecule has 0 unspecified atom stereocenters. The maximum Gasteiger partial charge on any atom is 0.224 e. The average molecular weight is 401 g/mol. The third kappa shape index (κ3) is 5.05. The molecule has 5 nitrogen and oxygen atoms in total. The minimum Gasteiger partial charge on any atom is -0.345 e. The van der Waals surface area contributed by atoms with Crippen molar-refractivity contribution in [1.29, 1.82) is 0 Å². The van der Waals surface area contributed by atoms with Gasteiger partial charge in [0.05, 0.1) is 0 Å². The molecule has 1 fully saturated rings. The van der Waals surface area contributed by atoms with Gasteiger partial charge in [-0.25, -0.2) is 0 Å². The molecule has 154 valence electrons. The number of carbonyl (C=O) groups excluding carboxylic acids is 1. The lowest BCUT2D eigenvalue weighted by atomic mass is 10.1. The fourth-order valence-electron chi connectivity index (χ4n) is 3.83. The van der Waals surface area contributed by atoms with Gasteiger partial charge in [-0.15, -0.1) is 0 Å². The van der Waals surface area contributed by atoms with Gasteiger partial charge >= 0.3 is 0 Å². The van der Waals surface area contributed by atoms with E-state index in [4.69, 9.17) is 0 Å². The summed E-state index contributed by atoms with van der Waals surface area (Å²) in [5.74, 6) is 0.231. The van der Waals surface area contributed by atoms with Crippen LogP contribution in [0.2, 0.25) is 0 Å². The van der Waals surface area contributed by atoms with Crippen LogP contribution in [0.3, 0.4) is 0 Å². The van der Waals surface area contributed by atoms with E-state index in [0.717, 1.165) is 31.7 Å². The molecular formula is C25H28N4O. The van der Waals surface area contributed by atoms with Crippen molar-refractivity contribution in [2.75, 3.05) is 31.6 Å². The van der Waals surface area contributed by atoms with Gasteiger partial charge in [-0.2, -0.15) is 0 Å². The van der Waals surface area contributed by atoms with E-state index in [0.29, 0.717) is 13.0 Å². The van der Waals surface area contributed by atoms with Crippen LogP contribution in [0.5, 0.6) is 0 Å². The lowest BCUT2D eigenvalue weighted by molar-refractivity contribution is -0.130. The summed E-state index contributed by atoms with van der Waals surface area (Å²) in [6.07, 6.45) is 4.13. The minimum atomic E-state index is 0.231. The lowest BCUT2D eigenvalue weighted by Crippen LogP contribution is -2.32. The van der Waals surface area contributed by atoms with Crippen molar-refractivity contribution in [1.82, 2.24) is 14.8 Å². The Kier molecular flexibility index (Phi) is 6.40. The van der Waals surface area contributed by atoms with Gasteiger partial charge in [0.2, 0.25) is 5.91 Å². The summed E-state index contributed by atoms with van der Waals surface area (Å²) in [5.41, 5.74) is 4.74. The second-order valence-corrected chi connectivity index (χ2v) is 7.76. The Bertz CT molecular complexity index is 944. The smallest absolute Gasteiger partial charge is 0.224 e. The molecule has 0 spiro atoms. The quantitative estimate of drug-likeness (QED) is 0.625. The SMILES string of the molecule is CN(c1ccccc1)c1ccc(CN2CCC(=O)N(Cc3ccncc3)CC2)cc1. The van der Waals surface area contributed by atoms with E-state index in [2.05, 4.69) is 70.4 Å². The zero-order valence-corrected chi connectivity index (χ0v) is 17.4. The van der Waals surface area contributed by atoms with Gasteiger partial charge in [0.25, 0.3) is 0 Å². The van der Waals surface area contributed by atoms with E-state index in [-0.39, 0.29) is 5.91 Å². The number of pyridine rings is 1. The summed E-state index contributed by atoms with van der Waals surface area (Å²) in [7, 11) is 2.09. The first-order valence-corrected chi connectivity index (χ1v) is 10.5. The standard InChI is InChI=1S/C25H28N4O/c1-27(23-5-3-2-4-6-23)24-9-7-21(8-10-24)19-28-16-13-25(30)29(18-17-28)20-22-11-14-26-15-12-22/h2-12,14-15H,13,16-20H2,1H3. The number of nitrogens with zero attached hydrogens (tertiary/aromatic N) is 4. The van der Waals surface area contributed by atoms with Crippen molar-refractivity contribution in [2.24, 2.45) is 0 Å². The molecule has 1 aliphatic rings. The van der Waals surface area contributed by atoms with Gasteiger partial charge < -0.3 is 9.80 Å². The molecule has 5 heteroatoms. The van der Waals surface area contributed by atoms with Crippen LogP contribution < -0.4 is 4.90 Å². The van der Waals surface area contributed by atoms with Gasteiger partial charge in [-0.1, -0.05) is 30.3 Å². The Hall–Kier alpha value is -3.18. The normalized spacial score (nSPS) is 15.1. The van der Waals surface area contributed by atoms with Crippen LogP contribution in [0, 0.1) is 0 Å². The zero-order chi connectivity index (χ0) is 20.8. The average Bonchev–Trinajstić information content (AvgIpc) is 2.97. The topological polar surface area (TPSA) is 39.7 Å². The third-order valence-corrected chi connectivity index (χ3v) is 5.68. The summed E-state index contributed by atoms with van der Waals surface area (Å²) in [4.78, 5) is 23.1. The molecule has 0 N–H and O–H groups in total. The lowest BCUT2D eigenvalue weighted by Gasteiger charge is -2.23. The van der Waals surface area contributed by atoms with Crippen molar-refractivity contribution in [3.63, 3.8) is 0 Å². The highest BCUT2D eigenvalue weighted by Crippen LogP contribution is 2.24. The van der Waals surface area contributed by atoms with Gasteiger partial charge in [0.1, 0.15) is 0 Å². The van der Waals surface area contributed by atoms with Crippen LogP contribution in [0.25, 0.3) is 0 Å². The van der Waals surface area contributed by atoms with E-state index in [1.54, 1.807) is 12.4 Å². The maximum atomic E-state index is 12.5. The molecule has 1 amide bonds. The zero-order valence-electron chi connectivity index (χ0n) is 17.4. The highest BCUT2D eigenvalue weighted by molar-refractivity contribution is 5.76. The first-order chi connectivity index (χ1) is 14.7. The number of hydrogen-bond acceptors (Lipinski definition) is 4. The molecule has 0 bridgehead atoms. The Balaban J connectivity index is 1.35. The van der Waals surface area contributed by atoms with Crippen molar-refractivity contribution in [2.45, 2.75) is 19.5 Å². The largest absolute Gasteiger partial charge is 0.345 e. The Morgan fingerprint density at radius 1 is 0.800 bits per heavy atom. The molecule has 4 rings (SSSR count). The molecular weight excluding hydrogens is 372 g/mol. The maximum absolute atomic E-state index is 12.5. The number of rotatable bonds is 6. The van der Waals surface area contributed by atoms with E-state index in [9.17, 15) is 4.79 Å². The molecule has 1 saturated heterocycles. The first kappa shape index (κ1) is 20.1.